The molecule has 2 aromatic heterocycles. The number of rotatable bonds is 3. The van der Waals surface area contributed by atoms with Gasteiger partial charge in [0.1, 0.15) is 11.6 Å². The van der Waals surface area contributed by atoms with Crippen LogP contribution in [0.25, 0.3) is 54.9 Å². The van der Waals surface area contributed by atoms with E-state index in [1.165, 1.54) is 0 Å². The van der Waals surface area contributed by atoms with Crippen LogP contribution in [0.5, 0.6) is 0 Å². The van der Waals surface area contributed by atoms with E-state index >= 15 is 0 Å². The van der Waals surface area contributed by atoms with Gasteiger partial charge in [-0.05, 0) is 55.3 Å². The lowest BCUT2D eigenvalue weighted by Crippen LogP contribution is -2.03. The highest BCUT2D eigenvalue weighted by Gasteiger charge is 2.18. The molecule has 37 heavy (non-hydrogen) atoms. The molecule has 0 radical (unpaired) electrons. The third-order valence-electron chi connectivity index (χ3n) is 6.47. The van der Waals surface area contributed by atoms with Crippen molar-refractivity contribution >= 4 is 27.5 Å². The first kappa shape index (κ1) is 22.2. The standard InChI is InChI=1S/C31H20N6/c1-19-34-20(2)36-31(35-19)27-14-8-21(18-32)16-29(27)37-28-7-5-4-6-25(28)26-15-11-23(17-30(26)37)22-9-12-24(33-3)13-10-22/h4-17H,1-2H3. The molecular weight excluding hydrogens is 456 g/mol. The summed E-state index contributed by atoms with van der Waals surface area (Å²) in [5.41, 5.74) is 6.91. The van der Waals surface area contributed by atoms with Crippen LogP contribution in [0.3, 0.4) is 0 Å². The van der Waals surface area contributed by atoms with E-state index in [0.29, 0.717) is 28.7 Å². The molecule has 4 aromatic carbocycles. The molecule has 174 valence electrons. The van der Waals surface area contributed by atoms with E-state index < -0.39 is 0 Å². The van der Waals surface area contributed by atoms with Gasteiger partial charge in [0, 0.05) is 16.3 Å². The monoisotopic (exact) mass is 476 g/mol. The smallest absolute Gasteiger partial charge is 0.187 e. The number of hydrogen-bond acceptors (Lipinski definition) is 4. The highest BCUT2D eigenvalue weighted by molar-refractivity contribution is 6.10. The molecule has 0 saturated heterocycles. The number of aryl methyl sites for hydroxylation is 2. The molecule has 0 atom stereocenters. The Morgan fingerprint density at radius 1 is 0.757 bits per heavy atom. The van der Waals surface area contributed by atoms with Gasteiger partial charge in [-0.25, -0.2) is 19.8 Å². The molecule has 0 unspecified atom stereocenters. The predicted octanol–water partition coefficient (Wildman–Crippen LogP) is 7.34. The van der Waals surface area contributed by atoms with Gasteiger partial charge in [-0.3, -0.25) is 0 Å². The molecule has 6 rings (SSSR count). The van der Waals surface area contributed by atoms with Gasteiger partial charge in [0.15, 0.2) is 11.5 Å². The average molecular weight is 477 g/mol. The van der Waals surface area contributed by atoms with Crippen LogP contribution >= 0.6 is 0 Å². The molecule has 0 fully saturated rings. The van der Waals surface area contributed by atoms with E-state index in [4.69, 9.17) is 6.57 Å². The van der Waals surface area contributed by atoms with Crippen LogP contribution in [0.15, 0.2) is 84.9 Å². The fourth-order valence-corrected chi connectivity index (χ4v) is 4.85. The topological polar surface area (TPSA) is 71.8 Å². The van der Waals surface area contributed by atoms with Gasteiger partial charge in [-0.15, -0.1) is 0 Å². The maximum absolute atomic E-state index is 9.75. The Bertz CT molecular complexity index is 1900. The van der Waals surface area contributed by atoms with Gasteiger partial charge in [-0.1, -0.05) is 54.6 Å². The summed E-state index contributed by atoms with van der Waals surface area (Å²) in [5, 5.41) is 12.0. The van der Waals surface area contributed by atoms with Crippen LogP contribution in [0.4, 0.5) is 5.69 Å². The molecule has 0 aliphatic rings. The van der Waals surface area contributed by atoms with Crippen molar-refractivity contribution in [1.82, 2.24) is 19.5 Å². The summed E-state index contributed by atoms with van der Waals surface area (Å²) in [6.07, 6.45) is 0. The van der Waals surface area contributed by atoms with Crippen LogP contribution < -0.4 is 0 Å². The van der Waals surface area contributed by atoms with Crippen molar-refractivity contribution in [2.45, 2.75) is 13.8 Å². The lowest BCUT2D eigenvalue weighted by molar-refractivity contribution is 0.926. The second-order valence-corrected chi connectivity index (χ2v) is 8.84. The molecule has 0 aliphatic heterocycles. The maximum atomic E-state index is 9.75. The lowest BCUT2D eigenvalue weighted by atomic mass is 10.0. The molecule has 2 heterocycles. The van der Waals surface area contributed by atoms with Gasteiger partial charge in [0.25, 0.3) is 0 Å². The molecule has 0 spiro atoms. The summed E-state index contributed by atoms with van der Waals surface area (Å²) in [4.78, 5) is 17.1. The number of aromatic nitrogens is 4. The normalized spacial score (nSPS) is 10.9. The van der Waals surface area contributed by atoms with Crippen molar-refractivity contribution in [1.29, 1.82) is 5.26 Å². The van der Waals surface area contributed by atoms with E-state index in [9.17, 15) is 5.26 Å². The summed E-state index contributed by atoms with van der Waals surface area (Å²) < 4.78 is 2.19. The molecule has 6 aromatic rings. The summed E-state index contributed by atoms with van der Waals surface area (Å²) in [6, 6.07) is 30.2. The van der Waals surface area contributed by atoms with Crippen molar-refractivity contribution in [3.8, 4) is 34.3 Å². The number of nitrogens with zero attached hydrogens (tertiary/aromatic N) is 6. The molecule has 0 saturated carbocycles. The Balaban J connectivity index is 1.69. The minimum absolute atomic E-state index is 0.554. The number of hydrogen-bond donors (Lipinski definition) is 0. The Morgan fingerprint density at radius 3 is 2.19 bits per heavy atom. The average Bonchev–Trinajstić information content (AvgIpc) is 3.25. The quantitative estimate of drug-likeness (QED) is 0.251. The van der Waals surface area contributed by atoms with Gasteiger partial charge >= 0.3 is 0 Å². The molecular formula is C31H20N6. The Labute approximate surface area is 213 Å². The van der Waals surface area contributed by atoms with Gasteiger partial charge in [0.05, 0.1) is 34.9 Å². The molecule has 0 aliphatic carbocycles. The largest absolute Gasteiger partial charge is 0.308 e. The molecule has 6 heteroatoms. The van der Waals surface area contributed by atoms with E-state index in [1.54, 1.807) is 6.07 Å². The Kier molecular flexibility index (Phi) is 5.22. The zero-order valence-corrected chi connectivity index (χ0v) is 20.3. The first-order valence-corrected chi connectivity index (χ1v) is 11.8. The summed E-state index contributed by atoms with van der Waals surface area (Å²) in [7, 11) is 0. The predicted molar refractivity (Wildman–Crippen MR) is 145 cm³/mol. The van der Waals surface area contributed by atoms with Crippen molar-refractivity contribution in [2.24, 2.45) is 0 Å². The molecule has 0 amide bonds. The summed E-state index contributed by atoms with van der Waals surface area (Å²) >= 11 is 0. The highest BCUT2D eigenvalue weighted by atomic mass is 15.0. The van der Waals surface area contributed by atoms with Crippen LogP contribution in [-0.2, 0) is 0 Å². The van der Waals surface area contributed by atoms with Gasteiger partial charge < -0.3 is 4.57 Å². The van der Waals surface area contributed by atoms with Crippen LogP contribution in [0.2, 0.25) is 0 Å². The van der Waals surface area contributed by atoms with Crippen LogP contribution in [0, 0.1) is 31.8 Å². The zero-order valence-electron chi connectivity index (χ0n) is 20.3. The highest BCUT2D eigenvalue weighted by Crippen LogP contribution is 2.37. The van der Waals surface area contributed by atoms with Gasteiger partial charge in [-0.2, -0.15) is 5.26 Å². The number of fused-ring (bicyclic) bond motifs is 3. The first-order chi connectivity index (χ1) is 18.1. The van der Waals surface area contributed by atoms with Gasteiger partial charge in [0.2, 0.25) is 0 Å². The summed E-state index contributed by atoms with van der Waals surface area (Å²) in [6.45, 7) is 11.0. The number of benzene rings is 4. The first-order valence-electron chi connectivity index (χ1n) is 11.8. The van der Waals surface area contributed by atoms with Crippen molar-refractivity contribution in [3.05, 3.63) is 114 Å². The van der Waals surface area contributed by atoms with Crippen molar-refractivity contribution < 1.29 is 0 Å². The minimum Gasteiger partial charge on any atom is -0.308 e. The fraction of sp³-hybridized carbons (Fsp3) is 0.0645. The lowest BCUT2D eigenvalue weighted by Gasteiger charge is -2.14. The second kappa shape index (κ2) is 8.71. The van der Waals surface area contributed by atoms with Crippen LogP contribution in [0.1, 0.15) is 17.2 Å². The Morgan fingerprint density at radius 2 is 1.46 bits per heavy atom. The van der Waals surface area contributed by atoms with Crippen molar-refractivity contribution in [3.63, 3.8) is 0 Å². The second-order valence-electron chi connectivity index (χ2n) is 8.84. The maximum Gasteiger partial charge on any atom is 0.187 e. The van der Waals surface area contributed by atoms with E-state index in [0.717, 1.165) is 44.2 Å². The third-order valence-corrected chi connectivity index (χ3v) is 6.47. The zero-order chi connectivity index (χ0) is 25.5. The van der Waals surface area contributed by atoms with Crippen molar-refractivity contribution in [2.75, 3.05) is 0 Å². The van der Waals surface area contributed by atoms with E-state index in [1.807, 2.05) is 62.4 Å². The van der Waals surface area contributed by atoms with Crippen LogP contribution in [-0.4, -0.2) is 19.5 Å². The Hall–Kier alpha value is -5.33. The molecule has 6 nitrogen and oxygen atoms in total. The van der Waals surface area contributed by atoms with E-state index in [2.05, 4.69) is 60.8 Å². The molecule has 0 bridgehead atoms. The SMILES string of the molecule is [C-]#[N+]c1ccc(-c2ccc3c4ccccc4n(-c4cc(C#N)ccc4-c4nc(C)nc(C)n4)c3c2)cc1. The van der Waals surface area contributed by atoms with E-state index in [-0.39, 0.29) is 0 Å². The fourth-order valence-electron chi connectivity index (χ4n) is 4.85. The summed E-state index contributed by atoms with van der Waals surface area (Å²) in [5.74, 6) is 1.86. The third kappa shape index (κ3) is 3.78. The number of para-hydroxylation sites is 1. The molecule has 0 N–H and O–H groups in total. The number of nitriles is 1. The minimum atomic E-state index is 0.554.